The number of rotatable bonds is 2. The fourth-order valence-corrected chi connectivity index (χ4v) is 6.10. The van der Waals surface area contributed by atoms with Gasteiger partial charge >= 0.3 is 0 Å². The number of hydrogen-bond acceptors (Lipinski definition) is 5. The zero-order valence-corrected chi connectivity index (χ0v) is 17.4. The first-order valence-electron chi connectivity index (χ1n) is 9.00. The number of aromatic nitrogens is 2. The maximum atomic E-state index is 9.20. The van der Waals surface area contributed by atoms with Gasteiger partial charge in [-0.3, -0.25) is 5.41 Å². The van der Waals surface area contributed by atoms with Crippen molar-refractivity contribution in [1.82, 2.24) is 15.3 Å². The van der Waals surface area contributed by atoms with Gasteiger partial charge in [0.25, 0.3) is 0 Å². The zero-order chi connectivity index (χ0) is 20.1. The molecule has 0 aliphatic carbocycles. The second kappa shape index (κ2) is 6.61. The molecule has 0 saturated carbocycles. The molecule has 2 aliphatic heterocycles. The predicted molar refractivity (Wildman–Crippen MR) is 114 cm³/mol. The van der Waals surface area contributed by atoms with Crippen LogP contribution in [0.2, 0.25) is 0 Å². The van der Waals surface area contributed by atoms with Crippen molar-refractivity contribution in [2.24, 2.45) is 0 Å². The Morgan fingerprint density at radius 2 is 2.18 bits per heavy atom. The molecule has 0 saturated heterocycles. The average Bonchev–Trinajstić information content (AvgIpc) is 2.97. The summed E-state index contributed by atoms with van der Waals surface area (Å²) in [5.74, 6) is 1.03. The van der Waals surface area contributed by atoms with E-state index < -0.39 is 10.4 Å². The third kappa shape index (κ3) is 3.19. The summed E-state index contributed by atoms with van der Waals surface area (Å²) in [4.78, 5) is 9.25. The summed E-state index contributed by atoms with van der Waals surface area (Å²) < 4.78 is 0. The quantitative estimate of drug-likeness (QED) is 0.731. The molecule has 3 atom stereocenters. The molecular weight excluding hydrogens is 390 g/mol. The van der Waals surface area contributed by atoms with Gasteiger partial charge in [-0.25, -0.2) is 9.97 Å². The van der Waals surface area contributed by atoms with E-state index in [9.17, 15) is 5.26 Å². The molecule has 1 aromatic carbocycles. The molecule has 1 aromatic heterocycles. The van der Waals surface area contributed by atoms with E-state index in [0.29, 0.717) is 23.6 Å². The van der Waals surface area contributed by atoms with Crippen LogP contribution in [0.25, 0.3) is 4.91 Å². The number of hydrogen-bond donors (Lipinski definition) is 2. The normalized spacial score (nSPS) is 28.9. The molecule has 0 spiro atoms. The van der Waals surface area contributed by atoms with Crippen molar-refractivity contribution < 1.29 is 0 Å². The van der Waals surface area contributed by atoms with Gasteiger partial charge in [0, 0.05) is 17.5 Å². The first-order valence-corrected chi connectivity index (χ1v) is 10.3. The van der Waals surface area contributed by atoms with Crippen LogP contribution in [0.15, 0.2) is 36.5 Å². The number of nitrogens with one attached hydrogen (secondary N) is 2. The van der Waals surface area contributed by atoms with Crippen molar-refractivity contribution in [3.05, 3.63) is 64.7 Å². The smallest absolute Gasteiger partial charge is 0.129 e. The Morgan fingerprint density at radius 3 is 2.93 bits per heavy atom. The highest BCUT2D eigenvalue weighted by Gasteiger charge is 2.51. The summed E-state index contributed by atoms with van der Waals surface area (Å²) in [7, 11) is 0. The lowest BCUT2D eigenvalue weighted by Gasteiger charge is -2.44. The van der Waals surface area contributed by atoms with Crippen LogP contribution in [-0.4, -0.2) is 31.5 Å². The summed E-state index contributed by atoms with van der Waals surface area (Å²) in [6, 6.07) is 9.77. The second-order valence-corrected chi connectivity index (χ2v) is 9.68. The molecule has 0 fully saturated rings. The molecule has 4 rings (SSSR count). The van der Waals surface area contributed by atoms with Crippen molar-refractivity contribution in [3.8, 4) is 6.07 Å². The molecular formula is C21H20ClN5S. The monoisotopic (exact) mass is 409 g/mol. The molecule has 2 N–H and O–H groups in total. The molecule has 142 valence electrons. The van der Waals surface area contributed by atoms with Gasteiger partial charge in [0.05, 0.1) is 38.6 Å². The Hall–Kier alpha value is -2.36. The van der Waals surface area contributed by atoms with Crippen LogP contribution in [0.5, 0.6) is 0 Å². The Bertz CT molecular complexity index is 1060. The first kappa shape index (κ1) is 19.0. The summed E-state index contributed by atoms with van der Waals surface area (Å²) in [5.41, 5.74) is 2.80. The molecule has 5 nitrogen and oxygen atoms in total. The van der Waals surface area contributed by atoms with E-state index in [-0.39, 0.29) is 5.25 Å². The number of halogens is 1. The number of benzene rings is 1. The molecule has 2 aromatic rings. The molecule has 3 heterocycles. The standard InChI is InChI=1S/C21H20ClN5S/c1-12-25-11-15-16(26-12)8-21(3,27-18(15)24)19-20(2,22)9-17(28-19)14-6-4-5-13(7-14)10-23/h4-7,9,11,19H,8H2,1-3H3,(H2,24,27)/t19?,20-,21-/m0/s1. The number of alkyl halides is 1. The topological polar surface area (TPSA) is 85.5 Å². The van der Waals surface area contributed by atoms with E-state index in [1.54, 1.807) is 24.0 Å². The number of allylic oxidation sites excluding steroid dienone is 1. The van der Waals surface area contributed by atoms with Gasteiger partial charge < -0.3 is 5.32 Å². The van der Waals surface area contributed by atoms with Crippen LogP contribution in [0.3, 0.4) is 0 Å². The lowest BCUT2D eigenvalue weighted by atomic mass is 9.81. The average molecular weight is 410 g/mol. The molecule has 28 heavy (non-hydrogen) atoms. The van der Waals surface area contributed by atoms with Crippen molar-refractivity contribution in [1.29, 1.82) is 10.7 Å². The lowest BCUT2D eigenvalue weighted by molar-refractivity contribution is 0.362. The Kier molecular flexibility index (Phi) is 4.48. The van der Waals surface area contributed by atoms with Crippen LogP contribution in [-0.2, 0) is 6.42 Å². The minimum atomic E-state index is -0.607. The van der Waals surface area contributed by atoms with Gasteiger partial charge in [-0.05, 0) is 44.5 Å². The predicted octanol–water partition coefficient (Wildman–Crippen LogP) is 4.04. The second-order valence-electron chi connectivity index (χ2n) is 7.72. The van der Waals surface area contributed by atoms with Crippen LogP contribution in [0.1, 0.15) is 42.1 Å². The van der Waals surface area contributed by atoms with Gasteiger partial charge in [-0.2, -0.15) is 5.26 Å². The highest BCUT2D eigenvalue weighted by Crippen LogP contribution is 2.52. The third-order valence-electron chi connectivity index (χ3n) is 5.23. The van der Waals surface area contributed by atoms with Gasteiger partial charge in [-0.15, -0.1) is 23.4 Å². The van der Waals surface area contributed by atoms with Gasteiger partial charge in [0.15, 0.2) is 0 Å². The largest absolute Gasteiger partial charge is 0.363 e. The molecule has 7 heteroatoms. The number of fused-ring (bicyclic) bond motifs is 1. The minimum absolute atomic E-state index is 0.0221. The van der Waals surface area contributed by atoms with E-state index in [0.717, 1.165) is 21.7 Å². The summed E-state index contributed by atoms with van der Waals surface area (Å²) >= 11 is 8.67. The van der Waals surface area contributed by atoms with Crippen LogP contribution in [0.4, 0.5) is 0 Å². The highest BCUT2D eigenvalue weighted by atomic mass is 35.5. The van der Waals surface area contributed by atoms with E-state index in [2.05, 4.69) is 34.4 Å². The van der Waals surface area contributed by atoms with Crippen molar-refractivity contribution in [2.45, 2.75) is 42.9 Å². The Balaban J connectivity index is 1.68. The number of nitrogens with zero attached hydrogens (tertiary/aromatic N) is 3. The van der Waals surface area contributed by atoms with E-state index in [1.165, 1.54) is 0 Å². The van der Waals surface area contributed by atoms with Gasteiger partial charge in [0.2, 0.25) is 0 Å². The zero-order valence-electron chi connectivity index (χ0n) is 15.9. The van der Waals surface area contributed by atoms with Gasteiger partial charge in [0.1, 0.15) is 11.7 Å². The number of aryl methyl sites for hydroxylation is 1. The Labute approximate surface area is 173 Å². The van der Waals surface area contributed by atoms with Crippen molar-refractivity contribution in [3.63, 3.8) is 0 Å². The van der Waals surface area contributed by atoms with E-state index in [1.807, 2.05) is 32.0 Å². The number of thioether (sulfide) groups is 1. The molecule has 1 unspecified atom stereocenters. The van der Waals surface area contributed by atoms with E-state index >= 15 is 0 Å². The fourth-order valence-electron chi connectivity index (χ4n) is 4.02. The first-order chi connectivity index (χ1) is 13.2. The maximum absolute atomic E-state index is 9.20. The summed E-state index contributed by atoms with van der Waals surface area (Å²) in [6.07, 6.45) is 4.44. The van der Waals surface area contributed by atoms with Crippen LogP contribution < -0.4 is 5.32 Å². The molecule has 2 aliphatic rings. The SMILES string of the molecule is Cc1ncc2c(n1)C[C@@](C)(C1SC(c3cccc(C#N)c3)=C[C@]1(C)Cl)NC2=N. The van der Waals surface area contributed by atoms with Gasteiger partial charge in [-0.1, -0.05) is 12.1 Å². The highest BCUT2D eigenvalue weighted by molar-refractivity contribution is 8.09. The Morgan fingerprint density at radius 1 is 1.39 bits per heavy atom. The molecule has 0 radical (unpaired) electrons. The molecule has 0 bridgehead atoms. The van der Waals surface area contributed by atoms with Crippen molar-refractivity contribution in [2.75, 3.05) is 0 Å². The minimum Gasteiger partial charge on any atom is -0.363 e. The third-order valence-corrected chi connectivity index (χ3v) is 7.54. The number of nitriles is 1. The van der Waals surface area contributed by atoms with E-state index in [4.69, 9.17) is 17.0 Å². The lowest BCUT2D eigenvalue weighted by Crippen LogP contribution is -2.61. The summed E-state index contributed by atoms with van der Waals surface area (Å²) in [5, 5.41) is 21.0. The fraction of sp³-hybridized carbons (Fsp3) is 0.333. The molecule has 0 amide bonds. The maximum Gasteiger partial charge on any atom is 0.129 e. The van der Waals surface area contributed by atoms with Crippen LogP contribution >= 0.6 is 23.4 Å². The van der Waals surface area contributed by atoms with Crippen LogP contribution in [0, 0.1) is 23.7 Å². The summed E-state index contributed by atoms with van der Waals surface area (Å²) in [6.45, 7) is 5.97. The van der Waals surface area contributed by atoms with Crippen molar-refractivity contribution >= 4 is 34.1 Å². The number of amidine groups is 1.